The Labute approximate surface area is 116 Å². The van der Waals surface area contributed by atoms with Crippen LogP contribution in [-0.4, -0.2) is 23.7 Å². The number of halogens is 2. The van der Waals surface area contributed by atoms with Crippen LogP contribution in [0.4, 0.5) is 0 Å². The molecule has 0 aliphatic heterocycles. The molecule has 0 amide bonds. The van der Waals surface area contributed by atoms with Crippen molar-refractivity contribution >= 4 is 27.5 Å². The third kappa shape index (κ3) is 4.90. The molecule has 96 valence electrons. The second kappa shape index (κ2) is 7.29. The summed E-state index contributed by atoms with van der Waals surface area (Å²) in [4.78, 5) is 8.81. The molecule has 0 spiro atoms. The van der Waals surface area contributed by atoms with Crippen LogP contribution in [0.5, 0.6) is 0 Å². The Bertz CT molecular complexity index is 372. The summed E-state index contributed by atoms with van der Waals surface area (Å²) in [5.74, 6) is 1.34. The van der Waals surface area contributed by atoms with Crippen molar-refractivity contribution in [1.29, 1.82) is 0 Å². The molecule has 0 unspecified atom stereocenters. The number of nitrogens with zero attached hydrogens (tertiary/aromatic N) is 2. The van der Waals surface area contributed by atoms with Crippen LogP contribution in [0.3, 0.4) is 0 Å². The van der Waals surface area contributed by atoms with Gasteiger partial charge in [-0.3, -0.25) is 0 Å². The molecular weight excluding hydrogens is 304 g/mol. The minimum atomic E-state index is 0.503. The maximum absolute atomic E-state index is 6.09. The molecule has 0 saturated carbocycles. The zero-order valence-corrected chi connectivity index (χ0v) is 12.8. The Kier molecular flexibility index (Phi) is 6.38. The van der Waals surface area contributed by atoms with Crippen molar-refractivity contribution in [1.82, 2.24) is 9.97 Å². The molecule has 0 radical (unpaired) electrons. The first kappa shape index (κ1) is 14.9. The molecule has 0 N–H and O–H groups in total. The van der Waals surface area contributed by atoms with Gasteiger partial charge >= 0.3 is 0 Å². The molecule has 1 aromatic heterocycles. The molecule has 0 saturated heterocycles. The van der Waals surface area contributed by atoms with Gasteiger partial charge in [-0.05, 0) is 34.7 Å². The van der Waals surface area contributed by atoms with Gasteiger partial charge < -0.3 is 4.74 Å². The number of rotatable bonds is 6. The standard InChI is InChI=1S/C12H18BrClN2O/c1-8(2)7-9-11(13)12(14)16-10(15-9)5-4-6-17-3/h8H,4-7H2,1-3H3. The van der Waals surface area contributed by atoms with Crippen molar-refractivity contribution in [2.75, 3.05) is 13.7 Å². The molecule has 1 heterocycles. The van der Waals surface area contributed by atoms with Gasteiger partial charge in [0.15, 0.2) is 0 Å². The van der Waals surface area contributed by atoms with Gasteiger partial charge in [0.2, 0.25) is 0 Å². The van der Waals surface area contributed by atoms with Gasteiger partial charge in [0.1, 0.15) is 11.0 Å². The summed E-state index contributed by atoms with van der Waals surface area (Å²) in [6.45, 7) is 5.04. The minimum absolute atomic E-state index is 0.503. The van der Waals surface area contributed by atoms with E-state index in [1.807, 2.05) is 0 Å². The largest absolute Gasteiger partial charge is 0.385 e. The van der Waals surface area contributed by atoms with Gasteiger partial charge in [-0.25, -0.2) is 9.97 Å². The lowest BCUT2D eigenvalue weighted by Gasteiger charge is -2.10. The van der Waals surface area contributed by atoms with Gasteiger partial charge in [0.25, 0.3) is 0 Å². The Morgan fingerprint density at radius 2 is 2.06 bits per heavy atom. The van der Waals surface area contributed by atoms with Crippen LogP contribution in [-0.2, 0) is 17.6 Å². The van der Waals surface area contributed by atoms with Gasteiger partial charge in [0.05, 0.1) is 10.2 Å². The molecule has 0 fully saturated rings. The number of hydrogen-bond acceptors (Lipinski definition) is 3. The van der Waals surface area contributed by atoms with Crippen LogP contribution < -0.4 is 0 Å². The molecule has 3 nitrogen and oxygen atoms in total. The second-order valence-corrected chi connectivity index (χ2v) is 5.54. The molecular formula is C12H18BrClN2O. The lowest BCUT2D eigenvalue weighted by molar-refractivity contribution is 0.194. The molecule has 1 aromatic rings. The smallest absolute Gasteiger partial charge is 0.147 e. The monoisotopic (exact) mass is 320 g/mol. The lowest BCUT2D eigenvalue weighted by Crippen LogP contribution is -2.06. The first-order chi connectivity index (χ1) is 8.04. The molecule has 1 rings (SSSR count). The zero-order valence-electron chi connectivity index (χ0n) is 10.5. The number of methoxy groups -OCH3 is 1. The summed E-state index contributed by atoms with van der Waals surface area (Å²) < 4.78 is 5.84. The van der Waals surface area contributed by atoms with Crippen LogP contribution in [0.15, 0.2) is 4.47 Å². The normalized spacial score (nSPS) is 11.2. The number of aryl methyl sites for hydroxylation is 1. The maximum atomic E-state index is 6.09. The molecule has 17 heavy (non-hydrogen) atoms. The molecule has 0 aliphatic carbocycles. The van der Waals surface area contributed by atoms with Crippen LogP contribution in [0.25, 0.3) is 0 Å². The van der Waals surface area contributed by atoms with Crippen LogP contribution >= 0.6 is 27.5 Å². The maximum Gasteiger partial charge on any atom is 0.147 e. The van der Waals surface area contributed by atoms with E-state index in [-0.39, 0.29) is 0 Å². The van der Waals surface area contributed by atoms with Gasteiger partial charge in [-0.2, -0.15) is 0 Å². The van der Waals surface area contributed by atoms with E-state index < -0.39 is 0 Å². The zero-order chi connectivity index (χ0) is 12.8. The average molecular weight is 322 g/mol. The fourth-order valence-corrected chi connectivity index (χ4v) is 2.07. The quantitative estimate of drug-likeness (QED) is 0.592. The molecule has 0 aromatic carbocycles. The van der Waals surface area contributed by atoms with Gasteiger partial charge in [-0.1, -0.05) is 25.4 Å². The van der Waals surface area contributed by atoms with Gasteiger partial charge in [-0.15, -0.1) is 0 Å². The minimum Gasteiger partial charge on any atom is -0.385 e. The number of ether oxygens (including phenoxy) is 1. The highest BCUT2D eigenvalue weighted by Crippen LogP contribution is 2.25. The third-order valence-electron chi connectivity index (χ3n) is 2.28. The first-order valence-corrected chi connectivity index (χ1v) is 6.91. The van der Waals surface area contributed by atoms with E-state index in [0.717, 1.165) is 41.9 Å². The fraction of sp³-hybridized carbons (Fsp3) is 0.667. The number of hydrogen-bond donors (Lipinski definition) is 0. The first-order valence-electron chi connectivity index (χ1n) is 5.74. The van der Waals surface area contributed by atoms with Crippen molar-refractivity contribution in [3.63, 3.8) is 0 Å². The summed E-state index contributed by atoms with van der Waals surface area (Å²) in [6.07, 6.45) is 2.61. The fourth-order valence-electron chi connectivity index (χ4n) is 1.52. The Hall–Kier alpha value is -0.190. The molecule has 5 heteroatoms. The topological polar surface area (TPSA) is 35.0 Å². The SMILES string of the molecule is COCCCc1nc(Cl)c(Br)c(CC(C)C)n1. The van der Waals surface area contributed by atoms with E-state index in [4.69, 9.17) is 16.3 Å². The highest BCUT2D eigenvalue weighted by Gasteiger charge is 2.11. The van der Waals surface area contributed by atoms with Gasteiger partial charge in [0, 0.05) is 20.1 Å². The highest BCUT2D eigenvalue weighted by molar-refractivity contribution is 9.10. The van der Waals surface area contributed by atoms with Crippen molar-refractivity contribution in [2.24, 2.45) is 5.92 Å². The van der Waals surface area contributed by atoms with E-state index in [1.165, 1.54) is 0 Å². The molecule has 0 bridgehead atoms. The predicted molar refractivity (Wildman–Crippen MR) is 73.5 cm³/mol. The van der Waals surface area contributed by atoms with E-state index in [9.17, 15) is 0 Å². The summed E-state index contributed by atoms with van der Waals surface area (Å²) >= 11 is 9.53. The Balaban J connectivity index is 2.82. The second-order valence-electron chi connectivity index (χ2n) is 4.39. The summed E-state index contributed by atoms with van der Waals surface area (Å²) in [7, 11) is 1.69. The van der Waals surface area contributed by atoms with E-state index >= 15 is 0 Å². The van der Waals surface area contributed by atoms with E-state index in [2.05, 4.69) is 39.7 Å². The van der Waals surface area contributed by atoms with E-state index in [1.54, 1.807) is 7.11 Å². The molecule has 0 atom stereocenters. The third-order valence-corrected chi connectivity index (χ3v) is 3.61. The van der Waals surface area contributed by atoms with Crippen molar-refractivity contribution in [2.45, 2.75) is 33.1 Å². The Morgan fingerprint density at radius 1 is 1.35 bits per heavy atom. The average Bonchev–Trinajstić information content (AvgIpc) is 2.25. The lowest BCUT2D eigenvalue weighted by atomic mass is 10.1. The van der Waals surface area contributed by atoms with Crippen molar-refractivity contribution in [3.8, 4) is 0 Å². The molecule has 0 aliphatic rings. The summed E-state index contributed by atoms with van der Waals surface area (Å²) in [5, 5.41) is 0.503. The van der Waals surface area contributed by atoms with Crippen molar-refractivity contribution in [3.05, 3.63) is 21.1 Å². The van der Waals surface area contributed by atoms with Crippen LogP contribution in [0, 0.1) is 5.92 Å². The van der Waals surface area contributed by atoms with Crippen molar-refractivity contribution < 1.29 is 4.74 Å². The van der Waals surface area contributed by atoms with E-state index in [0.29, 0.717) is 11.1 Å². The number of aromatic nitrogens is 2. The summed E-state index contributed by atoms with van der Waals surface area (Å²) in [5.41, 5.74) is 0.993. The predicted octanol–water partition coefficient (Wildman–Crippen LogP) is 3.67. The summed E-state index contributed by atoms with van der Waals surface area (Å²) in [6, 6.07) is 0. The van der Waals surface area contributed by atoms with Crippen LogP contribution in [0.1, 0.15) is 31.8 Å². The van der Waals surface area contributed by atoms with Crippen LogP contribution in [0.2, 0.25) is 5.15 Å². The highest BCUT2D eigenvalue weighted by atomic mass is 79.9. The Morgan fingerprint density at radius 3 is 2.65 bits per heavy atom.